The number of furan rings is 1. The van der Waals surface area contributed by atoms with Crippen molar-refractivity contribution in [3.8, 4) is 11.3 Å². The van der Waals surface area contributed by atoms with Crippen LogP contribution in [0.1, 0.15) is 42.1 Å². The van der Waals surface area contributed by atoms with Crippen molar-refractivity contribution in [2.75, 3.05) is 5.32 Å². The second-order valence-corrected chi connectivity index (χ2v) is 8.31. The molecule has 3 heterocycles. The molecule has 162 valence electrons. The predicted molar refractivity (Wildman–Crippen MR) is 119 cm³/mol. The van der Waals surface area contributed by atoms with E-state index in [9.17, 15) is 19.7 Å². The molecule has 3 aromatic rings. The van der Waals surface area contributed by atoms with Crippen LogP contribution in [0.25, 0.3) is 11.3 Å². The van der Waals surface area contributed by atoms with Crippen LogP contribution in [-0.4, -0.2) is 20.7 Å². The largest absolute Gasteiger partial charge is 0.460 e. The summed E-state index contributed by atoms with van der Waals surface area (Å²) < 4.78 is 6.24. The third-order valence-corrected chi connectivity index (χ3v) is 6.02. The standard InChI is InChI=1S/C22H18N4O5S/c1-10-5-6-11(13(9-10)26(29)30)15-7-8-16(31-15)18-17-12(3-2-4-14(17)27)23-20-19(18)21(28)25-22(32)24-20/h5-9,18H,2-4H2,1H3,(H3,23,24,25,28,32). The first kappa shape index (κ1) is 20.1. The van der Waals surface area contributed by atoms with Crippen molar-refractivity contribution >= 4 is 29.5 Å². The van der Waals surface area contributed by atoms with Crippen LogP contribution in [0, 0.1) is 21.8 Å². The van der Waals surface area contributed by atoms with E-state index in [1.54, 1.807) is 31.2 Å². The zero-order chi connectivity index (χ0) is 22.6. The van der Waals surface area contributed by atoms with Crippen LogP contribution < -0.4 is 10.9 Å². The van der Waals surface area contributed by atoms with Crippen molar-refractivity contribution in [3.05, 3.63) is 83.7 Å². The fourth-order valence-corrected chi connectivity index (χ4v) is 4.63. The normalized spacial score (nSPS) is 17.5. The Labute approximate surface area is 186 Å². The second kappa shape index (κ2) is 7.41. The SMILES string of the molecule is Cc1ccc(-c2ccc(C3C4=C(CCCC4=O)Nc4[nH]c(=S)[nH]c(=O)c43)o2)c([N+](=O)[O-])c1. The number of nitro benzene ring substituents is 1. The number of ketones is 1. The van der Waals surface area contributed by atoms with E-state index in [1.807, 2.05) is 0 Å². The van der Waals surface area contributed by atoms with Gasteiger partial charge in [0.05, 0.1) is 22.0 Å². The van der Waals surface area contributed by atoms with E-state index in [4.69, 9.17) is 16.6 Å². The number of hydrogen-bond acceptors (Lipinski definition) is 7. The fourth-order valence-electron chi connectivity index (χ4n) is 4.43. The average Bonchev–Trinajstić information content (AvgIpc) is 3.22. The molecule has 0 amide bonds. The lowest BCUT2D eigenvalue weighted by Crippen LogP contribution is -2.32. The summed E-state index contributed by atoms with van der Waals surface area (Å²) in [5, 5.41) is 14.7. The first-order valence-electron chi connectivity index (χ1n) is 10.1. The van der Waals surface area contributed by atoms with Crippen LogP contribution >= 0.6 is 12.2 Å². The Morgan fingerprint density at radius 2 is 1.97 bits per heavy atom. The van der Waals surface area contributed by atoms with Crippen LogP contribution in [0.2, 0.25) is 0 Å². The molecule has 32 heavy (non-hydrogen) atoms. The third kappa shape index (κ3) is 3.19. The second-order valence-electron chi connectivity index (χ2n) is 7.90. The quantitative estimate of drug-likeness (QED) is 0.304. The van der Waals surface area contributed by atoms with Crippen molar-refractivity contribution in [3.63, 3.8) is 0 Å². The molecule has 1 aromatic carbocycles. The number of nitrogens with zero attached hydrogens (tertiary/aromatic N) is 1. The minimum atomic E-state index is -0.747. The van der Waals surface area contributed by atoms with E-state index < -0.39 is 16.4 Å². The molecule has 5 rings (SSSR count). The number of allylic oxidation sites excluding steroid dienone is 2. The number of benzene rings is 1. The molecule has 0 bridgehead atoms. The Kier molecular flexibility index (Phi) is 4.66. The van der Waals surface area contributed by atoms with E-state index in [0.29, 0.717) is 47.5 Å². The molecule has 2 aliphatic rings. The lowest BCUT2D eigenvalue weighted by Gasteiger charge is -2.31. The van der Waals surface area contributed by atoms with E-state index >= 15 is 0 Å². The Morgan fingerprint density at radius 3 is 2.75 bits per heavy atom. The van der Waals surface area contributed by atoms with Crippen molar-refractivity contribution < 1.29 is 14.1 Å². The van der Waals surface area contributed by atoms with Crippen LogP contribution in [-0.2, 0) is 4.79 Å². The maximum absolute atomic E-state index is 12.9. The summed E-state index contributed by atoms with van der Waals surface area (Å²) in [6.07, 6.45) is 1.74. The van der Waals surface area contributed by atoms with E-state index in [2.05, 4.69) is 15.3 Å². The van der Waals surface area contributed by atoms with E-state index in [0.717, 1.165) is 11.3 Å². The lowest BCUT2D eigenvalue weighted by atomic mass is 9.79. The number of aromatic amines is 2. The summed E-state index contributed by atoms with van der Waals surface area (Å²) in [5.74, 6) is 0.267. The van der Waals surface area contributed by atoms with Crippen molar-refractivity contribution in [1.82, 2.24) is 9.97 Å². The van der Waals surface area contributed by atoms with E-state index in [-0.39, 0.29) is 22.0 Å². The van der Waals surface area contributed by atoms with Gasteiger partial charge in [0.2, 0.25) is 0 Å². The van der Waals surface area contributed by atoms with Crippen molar-refractivity contribution in [2.45, 2.75) is 32.1 Å². The number of fused-ring (bicyclic) bond motifs is 1. The molecule has 1 aliphatic heterocycles. The molecule has 1 atom stereocenters. The molecule has 3 N–H and O–H groups in total. The number of nitrogens with one attached hydrogen (secondary N) is 3. The van der Waals surface area contributed by atoms with Gasteiger partial charge in [0.15, 0.2) is 10.6 Å². The van der Waals surface area contributed by atoms with Gasteiger partial charge in [-0.15, -0.1) is 0 Å². The highest BCUT2D eigenvalue weighted by atomic mass is 32.1. The Bertz CT molecular complexity index is 1440. The number of Topliss-reactive ketones (excluding diaryl/α,β-unsaturated/α-hetero) is 1. The summed E-state index contributed by atoms with van der Waals surface area (Å²) in [5.41, 5.74) is 2.09. The van der Waals surface area contributed by atoms with Gasteiger partial charge in [0.1, 0.15) is 17.3 Å². The highest BCUT2D eigenvalue weighted by Crippen LogP contribution is 2.44. The molecule has 0 fully saturated rings. The molecule has 0 saturated heterocycles. The summed E-state index contributed by atoms with van der Waals surface area (Å²) in [4.78, 5) is 42.4. The number of anilines is 1. The summed E-state index contributed by atoms with van der Waals surface area (Å²) in [6, 6.07) is 8.16. The van der Waals surface area contributed by atoms with Gasteiger partial charge < -0.3 is 14.7 Å². The van der Waals surface area contributed by atoms with Crippen LogP contribution in [0.15, 0.2) is 50.8 Å². The first-order valence-corrected chi connectivity index (χ1v) is 10.5. The number of rotatable bonds is 3. The molecule has 1 unspecified atom stereocenters. The van der Waals surface area contributed by atoms with Crippen LogP contribution in [0.5, 0.6) is 0 Å². The minimum absolute atomic E-state index is 0.0597. The predicted octanol–water partition coefficient (Wildman–Crippen LogP) is 4.47. The minimum Gasteiger partial charge on any atom is -0.460 e. The Balaban J connectivity index is 1.70. The first-order chi connectivity index (χ1) is 15.3. The van der Waals surface area contributed by atoms with Crippen molar-refractivity contribution in [1.29, 1.82) is 0 Å². The van der Waals surface area contributed by atoms with Gasteiger partial charge in [-0.05, 0) is 55.7 Å². The van der Waals surface area contributed by atoms with Gasteiger partial charge in [-0.1, -0.05) is 6.07 Å². The number of carbonyl (C=O) groups is 1. The van der Waals surface area contributed by atoms with Gasteiger partial charge in [-0.2, -0.15) is 0 Å². The number of carbonyl (C=O) groups excluding carboxylic acids is 1. The molecule has 0 radical (unpaired) electrons. The Hall–Kier alpha value is -3.79. The summed E-state index contributed by atoms with van der Waals surface area (Å²) >= 11 is 5.11. The highest BCUT2D eigenvalue weighted by molar-refractivity contribution is 7.71. The number of nitro groups is 1. The summed E-state index contributed by atoms with van der Waals surface area (Å²) in [7, 11) is 0. The highest BCUT2D eigenvalue weighted by Gasteiger charge is 2.39. The molecule has 0 saturated carbocycles. The van der Waals surface area contributed by atoms with Gasteiger partial charge in [-0.3, -0.25) is 24.7 Å². The van der Waals surface area contributed by atoms with Crippen LogP contribution in [0.3, 0.4) is 0 Å². The number of aromatic nitrogens is 2. The maximum Gasteiger partial charge on any atom is 0.280 e. The summed E-state index contributed by atoms with van der Waals surface area (Å²) in [6.45, 7) is 1.77. The van der Waals surface area contributed by atoms with Gasteiger partial charge in [0, 0.05) is 23.8 Å². The zero-order valence-corrected chi connectivity index (χ0v) is 17.8. The molecule has 0 spiro atoms. The zero-order valence-electron chi connectivity index (χ0n) is 17.0. The van der Waals surface area contributed by atoms with Gasteiger partial charge >= 0.3 is 0 Å². The monoisotopic (exact) mass is 450 g/mol. The van der Waals surface area contributed by atoms with Gasteiger partial charge in [-0.25, -0.2) is 0 Å². The fraction of sp³-hybridized carbons (Fsp3) is 0.227. The molecular weight excluding hydrogens is 432 g/mol. The average molecular weight is 450 g/mol. The Morgan fingerprint density at radius 1 is 1.16 bits per heavy atom. The number of hydrogen-bond donors (Lipinski definition) is 3. The van der Waals surface area contributed by atoms with Crippen LogP contribution in [0.4, 0.5) is 11.5 Å². The van der Waals surface area contributed by atoms with Crippen molar-refractivity contribution in [2.24, 2.45) is 0 Å². The van der Waals surface area contributed by atoms with Gasteiger partial charge in [0.25, 0.3) is 11.2 Å². The third-order valence-electron chi connectivity index (χ3n) is 5.82. The smallest absolute Gasteiger partial charge is 0.280 e. The molecular formula is C22H18N4O5S. The molecule has 10 heteroatoms. The number of aryl methyl sites for hydroxylation is 1. The molecule has 9 nitrogen and oxygen atoms in total. The lowest BCUT2D eigenvalue weighted by molar-refractivity contribution is -0.384. The number of H-pyrrole nitrogens is 2. The molecule has 2 aromatic heterocycles. The van der Waals surface area contributed by atoms with E-state index in [1.165, 1.54) is 6.07 Å². The maximum atomic E-state index is 12.9. The topological polar surface area (TPSA) is 134 Å². The molecule has 1 aliphatic carbocycles.